The number of tetrazole rings is 2. The van der Waals surface area contributed by atoms with Gasteiger partial charge in [-0.25, -0.2) is 0 Å². The standard InChI is InChI=1S/C29H30N10O2/c1-5-18(2)23-7-6-8-24(15-23)29(25-13-21(9-11-27(25)40)16-30-38-19(3)32-34-36-38)26-14-22(10-12-28(26)41)17-31-39-20(4)33-35-37-39/h6-18,29,40-41H,5H2,1-4H3. The molecule has 0 radical (unpaired) electrons. The van der Waals surface area contributed by atoms with Crippen LogP contribution in [-0.2, 0) is 0 Å². The fourth-order valence-corrected chi connectivity index (χ4v) is 4.49. The van der Waals surface area contributed by atoms with Gasteiger partial charge in [-0.05, 0) is 106 Å². The van der Waals surface area contributed by atoms with E-state index in [9.17, 15) is 10.2 Å². The maximum absolute atomic E-state index is 11.2. The molecule has 5 rings (SSSR count). The van der Waals surface area contributed by atoms with Crippen molar-refractivity contribution in [3.63, 3.8) is 0 Å². The van der Waals surface area contributed by atoms with E-state index in [1.165, 1.54) is 15.1 Å². The summed E-state index contributed by atoms with van der Waals surface area (Å²) in [5.74, 6) is 1.09. The van der Waals surface area contributed by atoms with Crippen molar-refractivity contribution in [1.29, 1.82) is 0 Å². The fraction of sp³-hybridized carbons (Fsp3) is 0.241. The first-order chi connectivity index (χ1) is 19.8. The number of benzene rings is 3. The lowest BCUT2D eigenvalue weighted by Crippen LogP contribution is -2.07. The Morgan fingerprint density at radius 2 is 1.27 bits per heavy atom. The van der Waals surface area contributed by atoms with Crippen molar-refractivity contribution in [2.75, 3.05) is 0 Å². The van der Waals surface area contributed by atoms with Crippen LogP contribution in [-0.4, -0.2) is 63.3 Å². The Morgan fingerprint density at radius 3 is 1.73 bits per heavy atom. The van der Waals surface area contributed by atoms with Gasteiger partial charge in [-0.3, -0.25) is 0 Å². The van der Waals surface area contributed by atoms with E-state index in [0.29, 0.717) is 28.7 Å². The molecule has 12 nitrogen and oxygen atoms in total. The first-order valence-corrected chi connectivity index (χ1v) is 13.2. The minimum atomic E-state index is -0.509. The molecule has 2 heterocycles. The van der Waals surface area contributed by atoms with Gasteiger partial charge in [0.05, 0.1) is 12.4 Å². The molecule has 12 heteroatoms. The molecule has 41 heavy (non-hydrogen) atoms. The van der Waals surface area contributed by atoms with E-state index in [2.05, 4.69) is 67.2 Å². The van der Waals surface area contributed by atoms with Gasteiger partial charge < -0.3 is 10.2 Å². The van der Waals surface area contributed by atoms with Crippen LogP contribution in [0.5, 0.6) is 11.5 Å². The van der Waals surface area contributed by atoms with Gasteiger partial charge in [-0.15, -0.1) is 19.8 Å². The molecule has 0 bridgehead atoms. The Hall–Kier alpha value is -5.26. The third-order valence-corrected chi connectivity index (χ3v) is 6.99. The van der Waals surface area contributed by atoms with Crippen LogP contribution in [0.3, 0.4) is 0 Å². The molecule has 5 aromatic rings. The normalized spacial score (nSPS) is 13.3. The van der Waals surface area contributed by atoms with Crippen molar-refractivity contribution in [2.45, 2.75) is 46.0 Å². The molecule has 1 atom stereocenters. The zero-order valence-electron chi connectivity index (χ0n) is 23.2. The summed E-state index contributed by atoms with van der Waals surface area (Å²) in [5, 5.41) is 53.6. The van der Waals surface area contributed by atoms with Gasteiger partial charge in [-0.2, -0.15) is 10.2 Å². The van der Waals surface area contributed by atoms with Gasteiger partial charge in [0.15, 0.2) is 11.6 Å². The van der Waals surface area contributed by atoms with Crippen molar-refractivity contribution in [3.05, 3.63) is 106 Å². The average Bonchev–Trinajstić information content (AvgIpc) is 3.60. The molecule has 0 saturated heterocycles. The lowest BCUT2D eigenvalue weighted by atomic mass is 9.81. The molecular weight excluding hydrogens is 520 g/mol. The number of aromatic hydroxyl groups is 2. The van der Waals surface area contributed by atoms with E-state index in [1.54, 1.807) is 50.5 Å². The smallest absolute Gasteiger partial charge is 0.173 e. The van der Waals surface area contributed by atoms with Gasteiger partial charge in [0, 0.05) is 17.0 Å². The van der Waals surface area contributed by atoms with E-state index in [4.69, 9.17) is 0 Å². The molecule has 0 amide bonds. The van der Waals surface area contributed by atoms with E-state index in [-0.39, 0.29) is 11.5 Å². The van der Waals surface area contributed by atoms with Crippen LogP contribution in [0.1, 0.15) is 77.1 Å². The second kappa shape index (κ2) is 11.9. The summed E-state index contributed by atoms with van der Waals surface area (Å²) < 4.78 is 0. The summed E-state index contributed by atoms with van der Waals surface area (Å²) in [7, 11) is 0. The summed E-state index contributed by atoms with van der Waals surface area (Å²) in [6, 6.07) is 18.7. The van der Waals surface area contributed by atoms with Gasteiger partial charge >= 0.3 is 0 Å². The monoisotopic (exact) mass is 550 g/mol. The second-order valence-electron chi connectivity index (χ2n) is 9.77. The molecule has 2 N–H and O–H groups in total. The van der Waals surface area contributed by atoms with Crippen molar-refractivity contribution >= 4 is 12.4 Å². The van der Waals surface area contributed by atoms with Gasteiger partial charge in [0.2, 0.25) is 0 Å². The predicted molar refractivity (Wildman–Crippen MR) is 153 cm³/mol. The van der Waals surface area contributed by atoms with Gasteiger partial charge in [0.25, 0.3) is 0 Å². The number of phenolic OH excluding ortho intramolecular Hbond substituents is 2. The Bertz CT molecular complexity index is 1620. The Balaban J connectivity index is 1.64. The van der Waals surface area contributed by atoms with Crippen LogP contribution in [0, 0.1) is 13.8 Å². The molecule has 2 aromatic heterocycles. The second-order valence-corrected chi connectivity index (χ2v) is 9.77. The molecule has 0 spiro atoms. The highest BCUT2D eigenvalue weighted by molar-refractivity contribution is 5.82. The van der Waals surface area contributed by atoms with Crippen LogP contribution < -0.4 is 0 Å². The molecule has 1 unspecified atom stereocenters. The SMILES string of the molecule is CCC(C)c1cccc(C(c2cc(C=Nn3nnnc3C)ccc2O)c2cc(C=Nn3nnnc3C)ccc2O)c1. The zero-order chi connectivity index (χ0) is 28.9. The van der Waals surface area contributed by atoms with Crippen molar-refractivity contribution < 1.29 is 10.2 Å². The summed E-state index contributed by atoms with van der Waals surface area (Å²) in [5.41, 5.74) is 4.75. The third kappa shape index (κ3) is 6.01. The van der Waals surface area contributed by atoms with Crippen molar-refractivity contribution in [3.8, 4) is 11.5 Å². The van der Waals surface area contributed by atoms with E-state index in [0.717, 1.165) is 23.1 Å². The summed E-state index contributed by atoms with van der Waals surface area (Å²) in [6.07, 6.45) is 4.22. The van der Waals surface area contributed by atoms with Crippen LogP contribution in [0.4, 0.5) is 0 Å². The van der Waals surface area contributed by atoms with E-state index in [1.807, 2.05) is 24.3 Å². The van der Waals surface area contributed by atoms with E-state index >= 15 is 0 Å². The molecule has 0 aliphatic carbocycles. The molecule has 0 aliphatic rings. The Kier molecular flexibility index (Phi) is 7.90. The number of nitrogens with zero attached hydrogens (tertiary/aromatic N) is 10. The first kappa shape index (κ1) is 27.3. The number of aromatic nitrogens is 8. The maximum Gasteiger partial charge on any atom is 0.173 e. The summed E-state index contributed by atoms with van der Waals surface area (Å²) in [6.45, 7) is 7.83. The Morgan fingerprint density at radius 1 is 0.756 bits per heavy atom. The van der Waals surface area contributed by atoms with Gasteiger partial charge in [0.1, 0.15) is 11.5 Å². The van der Waals surface area contributed by atoms with Crippen molar-refractivity contribution in [2.24, 2.45) is 10.2 Å². The number of aryl methyl sites for hydroxylation is 2. The summed E-state index contributed by atoms with van der Waals surface area (Å²) in [4.78, 5) is 2.64. The Labute approximate surface area is 236 Å². The summed E-state index contributed by atoms with van der Waals surface area (Å²) >= 11 is 0. The minimum Gasteiger partial charge on any atom is -0.508 e. The highest BCUT2D eigenvalue weighted by Crippen LogP contribution is 2.41. The van der Waals surface area contributed by atoms with Crippen LogP contribution in [0.15, 0.2) is 70.9 Å². The molecule has 3 aromatic carbocycles. The highest BCUT2D eigenvalue weighted by atomic mass is 16.3. The van der Waals surface area contributed by atoms with Crippen LogP contribution in [0.25, 0.3) is 0 Å². The topological polar surface area (TPSA) is 152 Å². The maximum atomic E-state index is 11.2. The van der Waals surface area contributed by atoms with E-state index < -0.39 is 5.92 Å². The van der Waals surface area contributed by atoms with Crippen molar-refractivity contribution in [1.82, 2.24) is 40.6 Å². The number of hydrogen-bond acceptors (Lipinski definition) is 10. The molecular formula is C29H30N10O2. The average molecular weight is 551 g/mol. The lowest BCUT2D eigenvalue weighted by Gasteiger charge is -2.23. The largest absolute Gasteiger partial charge is 0.508 e. The van der Waals surface area contributed by atoms with Crippen LogP contribution in [0.2, 0.25) is 0 Å². The minimum absolute atomic E-state index is 0.0856. The number of hydrogen-bond donors (Lipinski definition) is 2. The molecule has 208 valence electrons. The predicted octanol–water partition coefficient (Wildman–Crippen LogP) is 4.15. The first-order valence-electron chi connectivity index (χ1n) is 13.2. The molecule has 0 aliphatic heterocycles. The zero-order valence-corrected chi connectivity index (χ0v) is 23.2. The number of phenols is 2. The number of rotatable bonds is 9. The molecule has 0 saturated carbocycles. The highest BCUT2D eigenvalue weighted by Gasteiger charge is 2.24. The molecule has 0 fully saturated rings. The fourth-order valence-electron chi connectivity index (χ4n) is 4.49. The van der Waals surface area contributed by atoms with Crippen LogP contribution >= 0.6 is 0 Å². The third-order valence-electron chi connectivity index (χ3n) is 6.99. The lowest BCUT2D eigenvalue weighted by molar-refractivity contribution is 0.458. The quantitative estimate of drug-likeness (QED) is 0.205. The van der Waals surface area contributed by atoms with Gasteiger partial charge in [-0.1, -0.05) is 38.1 Å².